The number of aromatic nitrogens is 2. The van der Waals surface area contributed by atoms with Crippen LogP contribution < -0.4 is 0 Å². The van der Waals surface area contributed by atoms with Crippen LogP contribution in [-0.2, 0) is 20.0 Å². The van der Waals surface area contributed by atoms with Gasteiger partial charge in [-0.2, -0.15) is 0 Å². The summed E-state index contributed by atoms with van der Waals surface area (Å²) >= 11 is 0. The Hall–Kier alpha value is -3.52. The number of hydrogen-bond donors (Lipinski definition) is 0. The molecule has 0 saturated heterocycles. The fourth-order valence-electron chi connectivity index (χ4n) is 5.11. The molecule has 0 atom stereocenters. The molecule has 146 valence electrons. The standard InChI is InChI=1S/C28H24N2/c1-3-30-27-11-7-5-8-21(27)23-14-12-20(18-28(23)30)16-19-13-15-26-24(17-19)22-9-4-6-10-25(22)29(26)2/h4-15,17-18H,3,16H2,1-2H3. The first-order chi connectivity index (χ1) is 14.7. The van der Waals surface area contributed by atoms with E-state index in [0.717, 1.165) is 13.0 Å². The van der Waals surface area contributed by atoms with Crippen LogP contribution in [0.25, 0.3) is 43.6 Å². The number of rotatable bonds is 3. The van der Waals surface area contributed by atoms with Crippen molar-refractivity contribution in [1.82, 2.24) is 9.13 Å². The lowest BCUT2D eigenvalue weighted by Gasteiger charge is -2.07. The fourth-order valence-corrected chi connectivity index (χ4v) is 5.11. The van der Waals surface area contributed by atoms with Crippen molar-refractivity contribution in [3.8, 4) is 0 Å². The predicted molar refractivity (Wildman–Crippen MR) is 128 cm³/mol. The lowest BCUT2D eigenvalue weighted by molar-refractivity contribution is 0.826. The summed E-state index contributed by atoms with van der Waals surface area (Å²) in [4.78, 5) is 0. The Morgan fingerprint density at radius 3 is 1.97 bits per heavy atom. The summed E-state index contributed by atoms with van der Waals surface area (Å²) in [6, 6.07) is 31.3. The van der Waals surface area contributed by atoms with Gasteiger partial charge in [0.05, 0.1) is 0 Å². The average molecular weight is 389 g/mol. The molecule has 2 aromatic heterocycles. The monoisotopic (exact) mass is 388 g/mol. The van der Waals surface area contributed by atoms with E-state index in [0.29, 0.717) is 0 Å². The highest BCUT2D eigenvalue weighted by molar-refractivity contribution is 6.09. The molecule has 0 fully saturated rings. The molecule has 4 aromatic carbocycles. The van der Waals surface area contributed by atoms with Crippen molar-refractivity contribution in [3.05, 3.63) is 96.1 Å². The van der Waals surface area contributed by atoms with E-state index in [1.165, 1.54) is 54.7 Å². The van der Waals surface area contributed by atoms with Crippen molar-refractivity contribution in [3.63, 3.8) is 0 Å². The number of fused-ring (bicyclic) bond motifs is 6. The Morgan fingerprint density at radius 1 is 0.567 bits per heavy atom. The summed E-state index contributed by atoms with van der Waals surface area (Å²) in [6.45, 7) is 3.21. The highest BCUT2D eigenvalue weighted by Gasteiger charge is 2.11. The van der Waals surface area contributed by atoms with Gasteiger partial charge >= 0.3 is 0 Å². The van der Waals surface area contributed by atoms with Crippen LogP contribution >= 0.6 is 0 Å². The molecule has 6 aromatic rings. The van der Waals surface area contributed by atoms with Crippen LogP contribution in [0.2, 0.25) is 0 Å². The number of aryl methyl sites for hydroxylation is 2. The van der Waals surface area contributed by atoms with Crippen molar-refractivity contribution in [2.24, 2.45) is 7.05 Å². The highest BCUT2D eigenvalue weighted by Crippen LogP contribution is 2.32. The molecule has 2 heteroatoms. The van der Waals surface area contributed by atoms with Gasteiger partial charge in [0.25, 0.3) is 0 Å². The third kappa shape index (κ3) is 2.43. The minimum absolute atomic E-state index is 0.945. The molecule has 0 amide bonds. The summed E-state index contributed by atoms with van der Waals surface area (Å²) < 4.78 is 4.72. The summed E-state index contributed by atoms with van der Waals surface area (Å²) in [5, 5.41) is 5.37. The Balaban J connectivity index is 1.48. The van der Waals surface area contributed by atoms with Gasteiger partial charge in [-0.15, -0.1) is 0 Å². The van der Waals surface area contributed by atoms with Crippen molar-refractivity contribution >= 4 is 43.6 Å². The molecule has 0 aliphatic carbocycles. The van der Waals surface area contributed by atoms with E-state index in [4.69, 9.17) is 0 Å². The number of para-hydroxylation sites is 2. The van der Waals surface area contributed by atoms with Gasteiger partial charge in [0, 0.05) is 57.2 Å². The van der Waals surface area contributed by atoms with Crippen molar-refractivity contribution in [1.29, 1.82) is 0 Å². The van der Waals surface area contributed by atoms with Gasteiger partial charge in [-0.05, 0) is 54.8 Å². The summed E-state index contributed by atoms with van der Waals surface area (Å²) in [5.41, 5.74) is 7.96. The molecule has 6 rings (SSSR count). The molecular formula is C28H24N2. The predicted octanol–water partition coefficient (Wildman–Crippen LogP) is 7.05. The van der Waals surface area contributed by atoms with E-state index < -0.39 is 0 Å². The van der Waals surface area contributed by atoms with Crippen LogP contribution in [0, 0.1) is 0 Å². The van der Waals surface area contributed by atoms with E-state index in [1.54, 1.807) is 0 Å². The largest absolute Gasteiger partial charge is 0.344 e. The van der Waals surface area contributed by atoms with E-state index in [9.17, 15) is 0 Å². The molecular weight excluding hydrogens is 364 g/mol. The first-order valence-corrected chi connectivity index (χ1v) is 10.7. The molecule has 0 unspecified atom stereocenters. The zero-order valence-corrected chi connectivity index (χ0v) is 17.4. The third-order valence-corrected chi connectivity index (χ3v) is 6.54. The molecule has 0 saturated carbocycles. The van der Waals surface area contributed by atoms with Gasteiger partial charge in [-0.3, -0.25) is 0 Å². The Labute approximate surface area is 176 Å². The van der Waals surface area contributed by atoms with E-state index in [1.807, 2.05) is 0 Å². The van der Waals surface area contributed by atoms with Crippen molar-refractivity contribution < 1.29 is 0 Å². The first kappa shape index (κ1) is 17.3. The molecule has 0 bridgehead atoms. The molecule has 0 radical (unpaired) electrons. The molecule has 2 heterocycles. The van der Waals surface area contributed by atoms with Crippen molar-refractivity contribution in [2.75, 3.05) is 0 Å². The molecule has 2 nitrogen and oxygen atoms in total. The minimum Gasteiger partial charge on any atom is -0.344 e. The van der Waals surface area contributed by atoms with Gasteiger partial charge in [-0.25, -0.2) is 0 Å². The maximum atomic E-state index is 2.43. The number of nitrogens with zero attached hydrogens (tertiary/aromatic N) is 2. The Morgan fingerprint density at radius 2 is 1.17 bits per heavy atom. The molecule has 30 heavy (non-hydrogen) atoms. The maximum Gasteiger partial charge on any atom is 0.0494 e. The van der Waals surface area contributed by atoms with Crippen LogP contribution in [-0.4, -0.2) is 9.13 Å². The van der Waals surface area contributed by atoms with Gasteiger partial charge in [0.2, 0.25) is 0 Å². The van der Waals surface area contributed by atoms with Gasteiger partial charge in [-0.1, -0.05) is 54.6 Å². The van der Waals surface area contributed by atoms with Crippen LogP contribution in [0.3, 0.4) is 0 Å². The molecule has 0 spiro atoms. The first-order valence-electron chi connectivity index (χ1n) is 10.7. The fraction of sp³-hybridized carbons (Fsp3) is 0.143. The summed E-state index contributed by atoms with van der Waals surface area (Å²) in [7, 11) is 2.15. The molecule has 0 aliphatic rings. The van der Waals surface area contributed by atoms with E-state index >= 15 is 0 Å². The quantitative estimate of drug-likeness (QED) is 0.307. The Kier molecular flexibility index (Phi) is 3.76. The maximum absolute atomic E-state index is 2.43. The second kappa shape index (κ2) is 6.50. The minimum atomic E-state index is 0.945. The summed E-state index contributed by atoms with van der Waals surface area (Å²) in [5.74, 6) is 0. The highest BCUT2D eigenvalue weighted by atomic mass is 15.0. The average Bonchev–Trinajstić information content (AvgIpc) is 3.26. The van der Waals surface area contributed by atoms with Gasteiger partial charge in [0.1, 0.15) is 0 Å². The Bertz CT molecular complexity index is 1560. The lowest BCUT2D eigenvalue weighted by atomic mass is 10.0. The second-order valence-corrected chi connectivity index (χ2v) is 8.22. The third-order valence-electron chi connectivity index (χ3n) is 6.54. The number of benzene rings is 4. The smallest absolute Gasteiger partial charge is 0.0494 e. The van der Waals surface area contributed by atoms with Crippen LogP contribution in [0.4, 0.5) is 0 Å². The zero-order valence-electron chi connectivity index (χ0n) is 17.4. The van der Waals surface area contributed by atoms with E-state index in [2.05, 4.69) is 108 Å². The molecule has 0 aliphatic heterocycles. The van der Waals surface area contributed by atoms with E-state index in [-0.39, 0.29) is 0 Å². The zero-order chi connectivity index (χ0) is 20.2. The normalized spacial score (nSPS) is 11.9. The molecule has 0 N–H and O–H groups in total. The lowest BCUT2D eigenvalue weighted by Crippen LogP contribution is -1.94. The van der Waals surface area contributed by atoms with Crippen LogP contribution in [0.5, 0.6) is 0 Å². The van der Waals surface area contributed by atoms with Crippen molar-refractivity contribution in [2.45, 2.75) is 19.9 Å². The SMILES string of the molecule is CCn1c2ccccc2c2ccc(Cc3ccc4c(c3)c3ccccc3n4C)cc21. The van der Waals surface area contributed by atoms with Gasteiger partial charge in [0.15, 0.2) is 0 Å². The second-order valence-electron chi connectivity index (χ2n) is 8.22. The topological polar surface area (TPSA) is 9.86 Å². The number of hydrogen-bond acceptors (Lipinski definition) is 0. The summed E-state index contributed by atoms with van der Waals surface area (Å²) in [6.07, 6.45) is 0.945. The van der Waals surface area contributed by atoms with Gasteiger partial charge < -0.3 is 9.13 Å². The van der Waals surface area contributed by atoms with Crippen LogP contribution in [0.1, 0.15) is 18.1 Å². The van der Waals surface area contributed by atoms with Crippen LogP contribution in [0.15, 0.2) is 84.9 Å².